The van der Waals surface area contributed by atoms with Crippen LogP contribution in [-0.2, 0) is 0 Å². The average molecular weight is 272 g/mol. The van der Waals surface area contributed by atoms with Crippen LogP contribution in [0.2, 0.25) is 5.02 Å². The topological polar surface area (TPSA) is 50.9 Å². The lowest BCUT2D eigenvalue weighted by molar-refractivity contribution is 0.270. The normalized spacial score (nSPS) is 28.1. The Bertz CT molecular complexity index is 417. The first-order chi connectivity index (χ1) is 8.54. The number of nitrogens with two attached hydrogens (primary N) is 1. The molecule has 1 aliphatic rings. The lowest BCUT2D eigenvalue weighted by atomic mass is 9.77. The monoisotopic (exact) mass is 271 g/mol. The summed E-state index contributed by atoms with van der Waals surface area (Å²) in [4.78, 5) is 4.01. The van der Waals surface area contributed by atoms with Crippen molar-refractivity contribution >= 4 is 17.4 Å². The first-order valence-electron chi connectivity index (χ1n) is 6.34. The largest absolute Gasteiger partial charge is 0.361 e. The summed E-state index contributed by atoms with van der Waals surface area (Å²) in [5, 5.41) is 3.49. The zero-order valence-electron chi connectivity index (χ0n) is 10.5. The Hall–Kier alpha value is -0.870. The Kier molecular flexibility index (Phi) is 4.07. The molecule has 1 aromatic heterocycles. The van der Waals surface area contributed by atoms with E-state index in [2.05, 4.69) is 17.2 Å². The van der Waals surface area contributed by atoms with Crippen LogP contribution in [0.1, 0.15) is 32.6 Å². The molecule has 0 atom stereocenters. The standard InChI is InChI=1S/C13H19ClFN3/c1-9-2-4-13(8-16,5-3-9)18-12-11(15)6-10(14)7-17-12/h6-7,9H,2-5,8,16H2,1H3,(H,17,18). The molecule has 0 bridgehead atoms. The van der Waals surface area contributed by atoms with Crippen LogP contribution in [0.4, 0.5) is 10.2 Å². The third kappa shape index (κ3) is 2.93. The molecule has 0 saturated heterocycles. The maximum atomic E-state index is 13.7. The first kappa shape index (κ1) is 13.6. The van der Waals surface area contributed by atoms with E-state index in [9.17, 15) is 4.39 Å². The van der Waals surface area contributed by atoms with Crippen molar-refractivity contribution in [3.05, 3.63) is 23.1 Å². The molecule has 5 heteroatoms. The van der Waals surface area contributed by atoms with Gasteiger partial charge in [0, 0.05) is 12.7 Å². The second-order valence-electron chi connectivity index (χ2n) is 5.28. The van der Waals surface area contributed by atoms with Crippen LogP contribution in [0.25, 0.3) is 0 Å². The summed E-state index contributed by atoms with van der Waals surface area (Å²) in [6, 6.07) is 1.27. The maximum Gasteiger partial charge on any atom is 0.166 e. The summed E-state index contributed by atoms with van der Waals surface area (Å²) in [7, 11) is 0. The molecule has 3 N–H and O–H groups in total. The second-order valence-corrected chi connectivity index (χ2v) is 5.71. The van der Waals surface area contributed by atoms with Gasteiger partial charge in [0.15, 0.2) is 11.6 Å². The first-order valence-corrected chi connectivity index (χ1v) is 6.72. The minimum atomic E-state index is -0.422. The number of nitrogens with zero attached hydrogens (tertiary/aromatic N) is 1. The molecular weight excluding hydrogens is 253 g/mol. The van der Waals surface area contributed by atoms with Gasteiger partial charge in [0.25, 0.3) is 0 Å². The van der Waals surface area contributed by atoms with E-state index >= 15 is 0 Å². The van der Waals surface area contributed by atoms with Gasteiger partial charge in [-0.05, 0) is 37.7 Å². The summed E-state index contributed by atoms with van der Waals surface area (Å²) in [6.07, 6.45) is 5.57. The van der Waals surface area contributed by atoms with Crippen molar-refractivity contribution in [2.75, 3.05) is 11.9 Å². The van der Waals surface area contributed by atoms with Crippen LogP contribution in [-0.4, -0.2) is 17.1 Å². The van der Waals surface area contributed by atoms with Crippen LogP contribution >= 0.6 is 11.6 Å². The molecule has 1 fully saturated rings. The van der Waals surface area contributed by atoms with E-state index in [1.54, 1.807) is 0 Å². The number of aromatic nitrogens is 1. The molecule has 2 rings (SSSR count). The molecule has 0 aliphatic heterocycles. The number of anilines is 1. The molecule has 1 heterocycles. The van der Waals surface area contributed by atoms with Gasteiger partial charge in [-0.25, -0.2) is 9.37 Å². The highest BCUT2D eigenvalue weighted by atomic mass is 35.5. The molecule has 0 unspecified atom stereocenters. The van der Waals surface area contributed by atoms with Crippen LogP contribution in [0, 0.1) is 11.7 Å². The minimum absolute atomic E-state index is 0.228. The predicted octanol–water partition coefficient (Wildman–Crippen LogP) is 3.19. The Balaban J connectivity index is 2.15. The van der Waals surface area contributed by atoms with Gasteiger partial charge < -0.3 is 11.1 Å². The van der Waals surface area contributed by atoms with Gasteiger partial charge in [-0.15, -0.1) is 0 Å². The number of nitrogens with one attached hydrogen (secondary N) is 1. The SMILES string of the molecule is CC1CCC(CN)(Nc2ncc(Cl)cc2F)CC1. The zero-order valence-corrected chi connectivity index (χ0v) is 11.3. The number of hydrogen-bond acceptors (Lipinski definition) is 3. The third-order valence-corrected chi connectivity index (χ3v) is 4.02. The minimum Gasteiger partial charge on any atom is -0.361 e. The highest BCUT2D eigenvalue weighted by Gasteiger charge is 2.33. The zero-order chi connectivity index (χ0) is 13.2. The van der Waals surface area contributed by atoms with Crippen LogP contribution < -0.4 is 11.1 Å². The van der Waals surface area contributed by atoms with Crippen LogP contribution in [0.3, 0.4) is 0 Å². The van der Waals surface area contributed by atoms with Crippen molar-refractivity contribution < 1.29 is 4.39 Å². The second kappa shape index (κ2) is 5.41. The fraction of sp³-hybridized carbons (Fsp3) is 0.615. The van der Waals surface area contributed by atoms with E-state index in [1.165, 1.54) is 12.3 Å². The molecule has 0 spiro atoms. The number of rotatable bonds is 3. The van der Waals surface area contributed by atoms with Crippen LogP contribution in [0.5, 0.6) is 0 Å². The van der Waals surface area contributed by atoms with Gasteiger partial charge in [0.2, 0.25) is 0 Å². The Morgan fingerprint density at radius 2 is 2.22 bits per heavy atom. The Morgan fingerprint density at radius 1 is 1.56 bits per heavy atom. The van der Waals surface area contributed by atoms with Gasteiger partial charge in [-0.1, -0.05) is 18.5 Å². The van der Waals surface area contributed by atoms with E-state index in [0.717, 1.165) is 31.6 Å². The number of halogens is 2. The molecule has 100 valence electrons. The summed E-state index contributed by atoms with van der Waals surface area (Å²) in [5.74, 6) is 0.544. The van der Waals surface area contributed by atoms with Crippen molar-refractivity contribution in [3.63, 3.8) is 0 Å². The molecule has 0 radical (unpaired) electrons. The summed E-state index contributed by atoms with van der Waals surface area (Å²) < 4.78 is 13.7. The molecule has 1 aliphatic carbocycles. The Labute approximate surface area is 112 Å². The molecular formula is C13H19ClFN3. The fourth-order valence-corrected chi connectivity index (χ4v) is 2.60. The highest BCUT2D eigenvalue weighted by Crippen LogP contribution is 2.34. The van der Waals surface area contributed by atoms with Gasteiger partial charge >= 0.3 is 0 Å². The van der Waals surface area contributed by atoms with Gasteiger partial charge in [0.1, 0.15) is 0 Å². The smallest absolute Gasteiger partial charge is 0.166 e. The molecule has 1 saturated carbocycles. The molecule has 3 nitrogen and oxygen atoms in total. The summed E-state index contributed by atoms with van der Waals surface area (Å²) >= 11 is 5.69. The van der Waals surface area contributed by atoms with E-state index in [0.29, 0.717) is 11.6 Å². The highest BCUT2D eigenvalue weighted by molar-refractivity contribution is 6.30. The van der Waals surface area contributed by atoms with Gasteiger partial charge in [-0.3, -0.25) is 0 Å². The maximum absolute atomic E-state index is 13.7. The third-order valence-electron chi connectivity index (χ3n) is 3.81. The quantitative estimate of drug-likeness (QED) is 0.888. The van der Waals surface area contributed by atoms with Crippen molar-refractivity contribution in [3.8, 4) is 0 Å². The molecule has 18 heavy (non-hydrogen) atoms. The Morgan fingerprint density at radius 3 is 2.78 bits per heavy atom. The number of hydrogen-bond donors (Lipinski definition) is 2. The van der Waals surface area contributed by atoms with E-state index < -0.39 is 5.82 Å². The van der Waals surface area contributed by atoms with Gasteiger partial charge in [0.05, 0.1) is 10.6 Å². The van der Waals surface area contributed by atoms with Crippen molar-refractivity contribution in [2.45, 2.75) is 38.1 Å². The molecule has 0 amide bonds. The van der Waals surface area contributed by atoms with E-state index in [-0.39, 0.29) is 11.4 Å². The summed E-state index contributed by atoms with van der Waals surface area (Å²) in [6.45, 7) is 2.73. The van der Waals surface area contributed by atoms with Crippen molar-refractivity contribution in [2.24, 2.45) is 11.7 Å². The lowest BCUT2D eigenvalue weighted by Crippen LogP contribution is -2.48. The fourth-order valence-electron chi connectivity index (χ4n) is 2.45. The molecule has 0 aromatic carbocycles. The van der Waals surface area contributed by atoms with Crippen molar-refractivity contribution in [1.82, 2.24) is 4.98 Å². The number of pyridine rings is 1. The van der Waals surface area contributed by atoms with E-state index in [4.69, 9.17) is 17.3 Å². The van der Waals surface area contributed by atoms with Crippen molar-refractivity contribution in [1.29, 1.82) is 0 Å². The predicted molar refractivity (Wildman–Crippen MR) is 72.2 cm³/mol. The average Bonchev–Trinajstić information content (AvgIpc) is 2.36. The van der Waals surface area contributed by atoms with E-state index in [1.807, 2.05) is 0 Å². The van der Waals surface area contributed by atoms with Crippen LogP contribution in [0.15, 0.2) is 12.3 Å². The summed E-state index contributed by atoms with van der Waals surface area (Å²) in [5.41, 5.74) is 5.64. The van der Waals surface area contributed by atoms with Gasteiger partial charge in [-0.2, -0.15) is 0 Å². The molecule has 1 aromatic rings. The lowest BCUT2D eigenvalue weighted by Gasteiger charge is -2.39.